The van der Waals surface area contributed by atoms with Crippen molar-refractivity contribution in [2.45, 2.75) is 12.1 Å². The molecule has 2 rings (SSSR count). The van der Waals surface area contributed by atoms with E-state index in [2.05, 4.69) is 4.18 Å². The van der Waals surface area contributed by atoms with E-state index in [0.717, 1.165) is 0 Å². The highest BCUT2D eigenvalue weighted by Gasteiger charge is 2.47. The third-order valence-corrected chi connectivity index (χ3v) is 3.10. The molecule has 1 aliphatic heterocycles. The minimum Gasteiger partial charge on any atom is -0.454 e. The lowest BCUT2D eigenvalue weighted by molar-refractivity contribution is -0.0547. The van der Waals surface area contributed by atoms with Crippen LogP contribution in [0.3, 0.4) is 0 Å². The van der Waals surface area contributed by atoms with E-state index in [-0.39, 0.29) is 12.4 Å². The van der Waals surface area contributed by atoms with Crippen molar-refractivity contribution in [1.29, 1.82) is 0 Å². The third-order valence-electron chi connectivity index (χ3n) is 2.10. The smallest absolute Gasteiger partial charge is 0.454 e. The fourth-order valence-corrected chi connectivity index (χ4v) is 1.67. The van der Waals surface area contributed by atoms with E-state index in [0.29, 0.717) is 11.5 Å². The average molecular weight is 284 g/mol. The van der Waals surface area contributed by atoms with Gasteiger partial charge in [-0.3, -0.25) is 4.18 Å². The number of ether oxygens (including phenoxy) is 2. The van der Waals surface area contributed by atoms with Gasteiger partial charge in [0.25, 0.3) is 0 Å². The predicted molar refractivity (Wildman–Crippen MR) is 52.3 cm³/mol. The molecule has 9 heteroatoms. The number of halogens is 3. The molecule has 0 unspecified atom stereocenters. The molecule has 0 spiro atoms. The van der Waals surface area contributed by atoms with Gasteiger partial charge in [0.15, 0.2) is 11.5 Å². The van der Waals surface area contributed by atoms with Gasteiger partial charge in [-0.05, 0) is 17.7 Å². The molecule has 1 aromatic carbocycles. The van der Waals surface area contributed by atoms with Crippen LogP contribution in [-0.4, -0.2) is 20.7 Å². The van der Waals surface area contributed by atoms with Gasteiger partial charge >= 0.3 is 15.6 Å². The van der Waals surface area contributed by atoms with Crippen LogP contribution in [0.15, 0.2) is 18.2 Å². The zero-order valence-corrected chi connectivity index (χ0v) is 9.55. The lowest BCUT2D eigenvalue weighted by atomic mass is 10.2. The summed E-state index contributed by atoms with van der Waals surface area (Å²) in [7, 11) is -5.58. The first kappa shape index (κ1) is 13.0. The van der Waals surface area contributed by atoms with Gasteiger partial charge in [-0.15, -0.1) is 0 Å². The van der Waals surface area contributed by atoms with Crippen molar-refractivity contribution in [3.05, 3.63) is 23.8 Å². The first-order chi connectivity index (χ1) is 8.29. The maximum atomic E-state index is 12.0. The molecule has 0 amide bonds. The Kier molecular flexibility index (Phi) is 3.11. The highest BCUT2D eigenvalue weighted by atomic mass is 32.2. The number of fused-ring (bicyclic) bond motifs is 1. The Labute approximate surface area is 100 Å². The molecule has 5 nitrogen and oxygen atoms in total. The third kappa shape index (κ3) is 2.51. The molecule has 0 radical (unpaired) electrons. The Morgan fingerprint density at radius 2 is 1.89 bits per heavy atom. The van der Waals surface area contributed by atoms with Crippen LogP contribution in [0.5, 0.6) is 11.5 Å². The second-order valence-corrected chi connectivity index (χ2v) is 4.96. The maximum absolute atomic E-state index is 12.0. The van der Waals surface area contributed by atoms with E-state index in [9.17, 15) is 21.6 Å². The summed E-state index contributed by atoms with van der Waals surface area (Å²) in [5.74, 6) is 0.776. The van der Waals surface area contributed by atoms with Crippen molar-refractivity contribution in [2.75, 3.05) is 6.79 Å². The molecule has 0 N–H and O–H groups in total. The van der Waals surface area contributed by atoms with Gasteiger partial charge in [0, 0.05) is 0 Å². The van der Waals surface area contributed by atoms with Crippen LogP contribution in [0.4, 0.5) is 13.2 Å². The molecule has 0 aliphatic carbocycles. The fourth-order valence-electron chi connectivity index (χ4n) is 1.24. The van der Waals surface area contributed by atoms with Gasteiger partial charge in [0.2, 0.25) is 6.79 Å². The Hall–Kier alpha value is -1.48. The van der Waals surface area contributed by atoms with Gasteiger partial charge in [0.05, 0.1) is 6.61 Å². The van der Waals surface area contributed by atoms with Crippen molar-refractivity contribution in [3.63, 3.8) is 0 Å². The predicted octanol–water partition coefficient (Wildman–Crippen LogP) is 1.78. The molecule has 1 aromatic rings. The molecular weight excluding hydrogens is 277 g/mol. The summed E-state index contributed by atoms with van der Waals surface area (Å²) in [4.78, 5) is 0. The highest BCUT2D eigenvalue weighted by molar-refractivity contribution is 7.87. The summed E-state index contributed by atoms with van der Waals surface area (Å²) in [5, 5.41) is 0. The summed E-state index contributed by atoms with van der Waals surface area (Å²) in [5.41, 5.74) is -5.20. The number of hydrogen-bond acceptors (Lipinski definition) is 5. The molecule has 0 saturated carbocycles. The van der Waals surface area contributed by atoms with Crippen LogP contribution < -0.4 is 9.47 Å². The Morgan fingerprint density at radius 1 is 1.22 bits per heavy atom. The Morgan fingerprint density at radius 3 is 2.56 bits per heavy atom. The van der Waals surface area contributed by atoms with Crippen molar-refractivity contribution in [3.8, 4) is 11.5 Å². The molecule has 0 fully saturated rings. The van der Waals surface area contributed by atoms with Crippen molar-refractivity contribution in [2.24, 2.45) is 0 Å². The van der Waals surface area contributed by atoms with Gasteiger partial charge in [-0.2, -0.15) is 21.6 Å². The zero-order chi connectivity index (χ0) is 13.4. The van der Waals surface area contributed by atoms with Crippen LogP contribution in [0.1, 0.15) is 5.56 Å². The number of benzene rings is 1. The summed E-state index contributed by atoms with van der Waals surface area (Å²) >= 11 is 0. The molecule has 1 aliphatic rings. The van der Waals surface area contributed by atoms with Crippen molar-refractivity contribution in [1.82, 2.24) is 0 Å². The van der Waals surface area contributed by atoms with E-state index in [1.54, 1.807) is 0 Å². The van der Waals surface area contributed by atoms with Gasteiger partial charge in [-0.1, -0.05) is 6.07 Å². The van der Waals surface area contributed by atoms with Crippen molar-refractivity contribution >= 4 is 10.1 Å². The quantitative estimate of drug-likeness (QED) is 0.625. The van der Waals surface area contributed by atoms with E-state index >= 15 is 0 Å². The first-order valence-electron chi connectivity index (χ1n) is 4.64. The van der Waals surface area contributed by atoms with E-state index < -0.39 is 22.2 Å². The summed E-state index contributed by atoms with van der Waals surface area (Å²) in [6, 6.07) is 4.20. The lowest BCUT2D eigenvalue weighted by Gasteiger charge is -2.08. The molecule has 18 heavy (non-hydrogen) atoms. The van der Waals surface area contributed by atoms with Crippen LogP contribution in [-0.2, 0) is 20.9 Å². The van der Waals surface area contributed by atoms with Crippen LogP contribution in [0.25, 0.3) is 0 Å². The maximum Gasteiger partial charge on any atom is 0.523 e. The summed E-state index contributed by atoms with van der Waals surface area (Å²) in [6.45, 7) is -0.709. The summed E-state index contributed by atoms with van der Waals surface area (Å²) in [6.07, 6.45) is 0. The van der Waals surface area contributed by atoms with Gasteiger partial charge in [0.1, 0.15) is 0 Å². The van der Waals surface area contributed by atoms with E-state index in [1.165, 1.54) is 18.2 Å². The number of rotatable bonds is 3. The minimum absolute atomic E-state index is 0.0144. The number of hydrogen-bond donors (Lipinski definition) is 0. The van der Waals surface area contributed by atoms with E-state index in [1.807, 2.05) is 0 Å². The Balaban J connectivity index is 2.08. The average Bonchev–Trinajstić information content (AvgIpc) is 2.71. The molecule has 100 valence electrons. The first-order valence-corrected chi connectivity index (χ1v) is 6.05. The Bertz CT molecular complexity index is 552. The zero-order valence-electron chi connectivity index (χ0n) is 8.73. The van der Waals surface area contributed by atoms with Crippen molar-refractivity contribution < 1.29 is 35.2 Å². The van der Waals surface area contributed by atoms with Crippen LogP contribution >= 0.6 is 0 Å². The summed E-state index contributed by atoms with van der Waals surface area (Å²) < 4.78 is 71.2. The number of alkyl halides is 3. The topological polar surface area (TPSA) is 61.8 Å². The van der Waals surface area contributed by atoms with Crippen LogP contribution in [0, 0.1) is 0 Å². The minimum atomic E-state index is -5.58. The second-order valence-electron chi connectivity index (χ2n) is 3.35. The van der Waals surface area contributed by atoms with Crippen LogP contribution in [0.2, 0.25) is 0 Å². The SMILES string of the molecule is O=S(=O)(OCc1ccc2c(c1)OCO2)C(F)(F)F. The normalized spacial score (nSPS) is 14.8. The molecule has 0 saturated heterocycles. The molecule has 0 aromatic heterocycles. The van der Waals surface area contributed by atoms with Gasteiger partial charge < -0.3 is 9.47 Å². The van der Waals surface area contributed by atoms with Gasteiger partial charge in [-0.25, -0.2) is 0 Å². The molecule has 1 heterocycles. The lowest BCUT2D eigenvalue weighted by Crippen LogP contribution is -2.25. The molecular formula is C9H7F3O5S. The standard InChI is InChI=1S/C9H7F3O5S/c10-9(11,12)18(13,14)17-4-6-1-2-7-8(3-6)16-5-15-7/h1-3H,4-5H2. The monoisotopic (exact) mass is 284 g/mol. The molecule has 0 atom stereocenters. The second kappa shape index (κ2) is 4.32. The largest absolute Gasteiger partial charge is 0.523 e. The fraction of sp³-hybridized carbons (Fsp3) is 0.333. The van der Waals surface area contributed by atoms with E-state index in [4.69, 9.17) is 9.47 Å². The highest BCUT2D eigenvalue weighted by Crippen LogP contribution is 2.33. The molecule has 0 bridgehead atoms.